The van der Waals surface area contributed by atoms with Crippen LogP contribution in [0.15, 0.2) is 34.0 Å². The highest BCUT2D eigenvalue weighted by Crippen LogP contribution is 2.15. The van der Waals surface area contributed by atoms with Gasteiger partial charge in [-0.3, -0.25) is 14.6 Å². The first-order valence-corrected chi connectivity index (χ1v) is 7.45. The van der Waals surface area contributed by atoms with Crippen LogP contribution in [-0.4, -0.2) is 11.5 Å². The average molecular weight is 287 g/mol. The smallest absolute Gasteiger partial charge is 0.253 e. The highest BCUT2D eigenvalue weighted by atomic mass is 16.2. The fraction of sp³-hybridized carbons (Fsp3) is 0.438. The highest BCUT2D eigenvalue weighted by molar-refractivity contribution is 5.73. The van der Waals surface area contributed by atoms with Crippen LogP contribution in [0.25, 0.3) is 0 Å². The van der Waals surface area contributed by atoms with Crippen LogP contribution in [0.4, 0.5) is 11.4 Å². The van der Waals surface area contributed by atoms with Crippen molar-refractivity contribution >= 4 is 11.4 Å². The largest absolute Gasteiger partial charge is 0.380 e. The fourth-order valence-corrected chi connectivity index (χ4v) is 2.18. The number of unbranched alkanes of at least 4 members (excludes halogenated alkanes) is 3. The Balaban J connectivity index is 1.87. The second-order valence-electron chi connectivity index (χ2n) is 5.07. The van der Waals surface area contributed by atoms with Gasteiger partial charge in [-0.05, 0) is 18.6 Å². The van der Waals surface area contributed by atoms with Crippen molar-refractivity contribution in [3.63, 3.8) is 0 Å². The molecule has 0 saturated carbocycles. The minimum absolute atomic E-state index is 0.390. The van der Waals surface area contributed by atoms with Gasteiger partial charge in [0.25, 0.3) is 10.9 Å². The maximum Gasteiger partial charge on any atom is 0.253 e. The molecule has 0 aliphatic heterocycles. The van der Waals surface area contributed by atoms with Crippen LogP contribution in [0.2, 0.25) is 0 Å². The van der Waals surface area contributed by atoms with Crippen molar-refractivity contribution in [2.75, 3.05) is 17.2 Å². The van der Waals surface area contributed by atoms with Gasteiger partial charge in [-0.25, -0.2) is 0 Å². The molecule has 0 amide bonds. The van der Waals surface area contributed by atoms with E-state index in [1.807, 2.05) is 18.2 Å². The maximum absolute atomic E-state index is 11.6. The zero-order valence-corrected chi connectivity index (χ0v) is 12.3. The Morgan fingerprint density at radius 3 is 2.43 bits per heavy atom. The summed E-state index contributed by atoms with van der Waals surface area (Å²) in [5.41, 5.74) is 0.782. The number of nitrogens with zero attached hydrogens (tertiary/aromatic N) is 1. The normalized spacial score (nSPS) is 10.7. The van der Waals surface area contributed by atoms with Gasteiger partial charge in [0.05, 0.1) is 12.2 Å². The number of hydrogen-bond donors (Lipinski definition) is 2. The summed E-state index contributed by atoms with van der Waals surface area (Å²) in [5, 5.41) is 6.07. The molecule has 1 aromatic heterocycles. The molecule has 0 aliphatic rings. The molecule has 0 unspecified atom stereocenters. The fourth-order valence-electron chi connectivity index (χ4n) is 2.18. The van der Waals surface area contributed by atoms with Gasteiger partial charge < -0.3 is 10.6 Å². The molecule has 0 atom stereocenters. The van der Waals surface area contributed by atoms with Crippen LogP contribution >= 0.6 is 0 Å². The summed E-state index contributed by atoms with van der Waals surface area (Å²) in [5.74, 6) is 0. The van der Waals surface area contributed by atoms with E-state index in [4.69, 9.17) is 0 Å². The Morgan fingerprint density at radius 1 is 1.00 bits per heavy atom. The highest BCUT2D eigenvalue weighted by Gasteiger charge is 2.19. The van der Waals surface area contributed by atoms with Gasteiger partial charge in [0.1, 0.15) is 11.4 Å². The Bertz CT molecular complexity index is 631. The third kappa shape index (κ3) is 3.90. The van der Waals surface area contributed by atoms with E-state index < -0.39 is 10.9 Å². The molecule has 21 heavy (non-hydrogen) atoms. The number of pyridine rings is 1. The van der Waals surface area contributed by atoms with Crippen LogP contribution < -0.4 is 21.5 Å². The van der Waals surface area contributed by atoms with E-state index in [-0.39, 0.29) is 0 Å². The van der Waals surface area contributed by atoms with Gasteiger partial charge in [0.2, 0.25) is 0 Å². The predicted molar refractivity (Wildman–Crippen MR) is 85.5 cm³/mol. The lowest BCUT2D eigenvalue weighted by molar-refractivity contribution is 0.684. The lowest BCUT2D eigenvalue weighted by Crippen LogP contribution is -2.37. The minimum Gasteiger partial charge on any atom is -0.380 e. The van der Waals surface area contributed by atoms with Gasteiger partial charge >= 0.3 is 0 Å². The Labute approximate surface area is 124 Å². The topological polar surface area (TPSA) is 71.1 Å². The van der Waals surface area contributed by atoms with Crippen molar-refractivity contribution in [1.82, 2.24) is 4.98 Å². The summed E-state index contributed by atoms with van der Waals surface area (Å²) in [4.78, 5) is 27.3. The third-order valence-electron chi connectivity index (χ3n) is 3.41. The lowest BCUT2D eigenvalue weighted by atomic mass is 10.1. The number of hydrogen-bond acceptors (Lipinski definition) is 5. The molecule has 0 saturated heterocycles. The van der Waals surface area contributed by atoms with Gasteiger partial charge in [-0.2, -0.15) is 0 Å². The third-order valence-corrected chi connectivity index (χ3v) is 3.41. The van der Waals surface area contributed by atoms with E-state index in [9.17, 15) is 9.59 Å². The standard InChI is InChI=1S/C16H21N3O2/c1-2-3-4-6-10-18-13-14(16(21)15(13)20)19-11-12-8-5-7-9-17-12/h5,7-9,18-19H,2-4,6,10-11H2,1H3. The number of anilines is 2. The quantitative estimate of drug-likeness (QED) is 0.547. The molecule has 5 nitrogen and oxygen atoms in total. The number of nitrogens with one attached hydrogen (secondary N) is 2. The predicted octanol–water partition coefficient (Wildman–Crippen LogP) is 2.28. The van der Waals surface area contributed by atoms with Gasteiger partial charge in [0, 0.05) is 12.7 Å². The molecule has 112 valence electrons. The summed E-state index contributed by atoms with van der Waals surface area (Å²) < 4.78 is 0. The van der Waals surface area contributed by atoms with E-state index in [1.165, 1.54) is 12.8 Å². The van der Waals surface area contributed by atoms with Gasteiger partial charge in [-0.1, -0.05) is 32.3 Å². The van der Waals surface area contributed by atoms with Crippen molar-refractivity contribution in [2.24, 2.45) is 0 Å². The van der Waals surface area contributed by atoms with E-state index >= 15 is 0 Å². The summed E-state index contributed by atoms with van der Waals surface area (Å²) >= 11 is 0. The molecule has 2 rings (SSSR count). The molecule has 0 spiro atoms. The van der Waals surface area contributed by atoms with E-state index in [2.05, 4.69) is 22.5 Å². The van der Waals surface area contributed by atoms with Crippen LogP contribution in [0, 0.1) is 0 Å². The molecule has 2 aromatic rings. The van der Waals surface area contributed by atoms with Crippen molar-refractivity contribution in [3.8, 4) is 0 Å². The van der Waals surface area contributed by atoms with Crippen molar-refractivity contribution in [1.29, 1.82) is 0 Å². The van der Waals surface area contributed by atoms with Crippen LogP contribution in [0.5, 0.6) is 0 Å². The second-order valence-corrected chi connectivity index (χ2v) is 5.07. The molecule has 1 heterocycles. The maximum atomic E-state index is 11.6. The molecular weight excluding hydrogens is 266 g/mol. The Kier molecular flexibility index (Phi) is 5.49. The average Bonchev–Trinajstić information content (AvgIpc) is 2.53. The zero-order valence-electron chi connectivity index (χ0n) is 12.3. The monoisotopic (exact) mass is 287 g/mol. The Hall–Kier alpha value is -2.17. The first-order valence-electron chi connectivity index (χ1n) is 7.45. The second kappa shape index (κ2) is 7.57. The lowest BCUT2D eigenvalue weighted by Gasteiger charge is -2.14. The van der Waals surface area contributed by atoms with Crippen LogP contribution in [-0.2, 0) is 6.54 Å². The summed E-state index contributed by atoms with van der Waals surface area (Å²) in [7, 11) is 0. The molecule has 0 radical (unpaired) electrons. The van der Waals surface area contributed by atoms with E-state index in [1.54, 1.807) is 6.20 Å². The zero-order chi connectivity index (χ0) is 15.1. The van der Waals surface area contributed by atoms with Gasteiger partial charge in [0.15, 0.2) is 0 Å². The van der Waals surface area contributed by atoms with Crippen molar-refractivity contribution < 1.29 is 0 Å². The summed E-state index contributed by atoms with van der Waals surface area (Å²) in [6.45, 7) is 3.32. The summed E-state index contributed by atoms with van der Waals surface area (Å²) in [6, 6.07) is 5.60. The van der Waals surface area contributed by atoms with Crippen LogP contribution in [0.3, 0.4) is 0 Å². The molecule has 0 aliphatic carbocycles. The molecular formula is C16H21N3O2. The first kappa shape index (κ1) is 15.2. The molecule has 5 heteroatoms. The van der Waals surface area contributed by atoms with E-state index in [0.717, 1.165) is 25.1 Å². The van der Waals surface area contributed by atoms with Crippen LogP contribution in [0.1, 0.15) is 38.3 Å². The van der Waals surface area contributed by atoms with Crippen molar-refractivity contribution in [2.45, 2.75) is 39.2 Å². The first-order chi connectivity index (χ1) is 10.2. The van der Waals surface area contributed by atoms with Gasteiger partial charge in [-0.15, -0.1) is 0 Å². The Morgan fingerprint density at radius 2 is 1.76 bits per heavy atom. The van der Waals surface area contributed by atoms with Crippen molar-refractivity contribution in [3.05, 3.63) is 50.5 Å². The minimum atomic E-state index is -0.443. The molecule has 0 bridgehead atoms. The molecule has 0 fully saturated rings. The molecule has 1 aromatic carbocycles. The SMILES string of the molecule is CCCCCCNc1c(NCc2ccccn2)c(=O)c1=O. The van der Waals surface area contributed by atoms with E-state index in [0.29, 0.717) is 17.9 Å². The number of rotatable bonds is 9. The number of aromatic nitrogens is 1. The summed E-state index contributed by atoms with van der Waals surface area (Å²) in [6.07, 6.45) is 6.21. The molecule has 2 N–H and O–H groups in total.